The molecule has 1 saturated heterocycles. The Morgan fingerprint density at radius 1 is 1.17 bits per heavy atom. The number of para-hydroxylation sites is 2. The Morgan fingerprint density at radius 2 is 1.90 bits per heavy atom. The lowest BCUT2D eigenvalue weighted by atomic mass is 9.95. The first kappa shape index (κ1) is 19.4. The molecular weight excluding hydrogens is 390 g/mol. The summed E-state index contributed by atoms with van der Waals surface area (Å²) in [6.45, 7) is 1.10. The molecule has 2 aromatic carbocycles. The van der Waals surface area contributed by atoms with E-state index in [1.807, 2.05) is 29.2 Å². The number of methoxy groups -OCH3 is 1. The number of sulfonamides is 1. The van der Waals surface area contributed by atoms with Gasteiger partial charge in [-0.25, -0.2) is 0 Å². The maximum Gasteiger partial charge on any atom is 0.285 e. The van der Waals surface area contributed by atoms with E-state index in [1.54, 1.807) is 43.3 Å². The molecule has 0 bridgehead atoms. The van der Waals surface area contributed by atoms with E-state index in [0.29, 0.717) is 35.9 Å². The zero-order valence-corrected chi connectivity index (χ0v) is 17.2. The third-order valence-electron chi connectivity index (χ3n) is 5.46. The number of rotatable bonds is 3. The number of likely N-dealkylation sites (tertiary alicyclic amines) is 1. The molecule has 2 aliphatic rings. The van der Waals surface area contributed by atoms with E-state index in [4.69, 9.17) is 4.74 Å². The van der Waals surface area contributed by atoms with Gasteiger partial charge in [0.05, 0.1) is 18.7 Å². The summed E-state index contributed by atoms with van der Waals surface area (Å²) >= 11 is 0. The molecule has 2 aliphatic heterocycles. The average Bonchev–Trinajstić information content (AvgIpc) is 3.04. The molecule has 152 valence electrons. The first-order chi connectivity index (χ1) is 13.9. The number of carbonyl (C=O) groups is 1. The van der Waals surface area contributed by atoms with Gasteiger partial charge in [-0.05, 0) is 37.1 Å². The lowest BCUT2D eigenvalue weighted by Gasteiger charge is -2.35. The highest BCUT2D eigenvalue weighted by molar-refractivity contribution is 7.90. The van der Waals surface area contributed by atoms with Crippen LogP contribution in [0.2, 0.25) is 0 Å². The van der Waals surface area contributed by atoms with Crippen molar-refractivity contribution < 1.29 is 17.9 Å². The molecule has 0 N–H and O–H groups in total. The molecule has 0 aromatic heterocycles. The molecule has 1 amide bonds. The van der Waals surface area contributed by atoms with E-state index in [2.05, 4.69) is 4.40 Å². The van der Waals surface area contributed by atoms with E-state index >= 15 is 0 Å². The lowest BCUT2D eigenvalue weighted by Crippen LogP contribution is -2.46. The van der Waals surface area contributed by atoms with Crippen LogP contribution in [-0.4, -0.2) is 52.3 Å². The van der Waals surface area contributed by atoms with Crippen molar-refractivity contribution in [1.29, 1.82) is 0 Å². The fourth-order valence-corrected chi connectivity index (χ4v) is 5.21. The van der Waals surface area contributed by atoms with Gasteiger partial charge in [-0.3, -0.25) is 4.79 Å². The molecule has 0 saturated carbocycles. The third kappa shape index (κ3) is 3.48. The summed E-state index contributed by atoms with van der Waals surface area (Å²) in [5, 5.41) is 0. The summed E-state index contributed by atoms with van der Waals surface area (Å²) in [6.07, 6.45) is 1.54. The van der Waals surface area contributed by atoms with E-state index in [1.165, 1.54) is 0 Å². The maximum atomic E-state index is 13.2. The van der Waals surface area contributed by atoms with Gasteiger partial charge >= 0.3 is 0 Å². The molecule has 4 rings (SSSR count). The number of anilines is 1. The number of fused-ring (bicyclic) bond motifs is 1. The highest BCUT2D eigenvalue weighted by Gasteiger charge is 2.36. The topological polar surface area (TPSA) is 79.3 Å². The van der Waals surface area contributed by atoms with Crippen LogP contribution in [0.1, 0.15) is 18.4 Å². The van der Waals surface area contributed by atoms with Gasteiger partial charge in [-0.15, -0.1) is 4.40 Å². The van der Waals surface area contributed by atoms with Crippen molar-refractivity contribution >= 4 is 27.5 Å². The Balaban J connectivity index is 1.57. The molecule has 0 aliphatic carbocycles. The van der Waals surface area contributed by atoms with Gasteiger partial charge in [0.25, 0.3) is 10.0 Å². The molecule has 0 radical (unpaired) electrons. The number of ether oxygens (including phenoxy) is 1. The molecule has 1 fully saturated rings. The normalized spacial score (nSPS) is 20.0. The number of hydrogen-bond acceptors (Lipinski definition) is 5. The van der Waals surface area contributed by atoms with Crippen molar-refractivity contribution in [2.45, 2.75) is 17.7 Å². The monoisotopic (exact) mass is 413 g/mol. The van der Waals surface area contributed by atoms with Gasteiger partial charge in [0.1, 0.15) is 10.6 Å². The molecule has 7 nitrogen and oxygen atoms in total. The average molecular weight is 413 g/mol. The molecule has 2 heterocycles. The van der Waals surface area contributed by atoms with Crippen LogP contribution in [0.25, 0.3) is 0 Å². The quantitative estimate of drug-likeness (QED) is 0.773. The van der Waals surface area contributed by atoms with Crippen LogP contribution in [0.4, 0.5) is 5.69 Å². The van der Waals surface area contributed by atoms with Crippen LogP contribution in [0.5, 0.6) is 5.75 Å². The first-order valence-corrected chi connectivity index (χ1v) is 11.0. The second-order valence-electron chi connectivity index (χ2n) is 7.24. The SMILES string of the molecule is COc1ccccc1N(C)C(=O)C1CCCN(C2=NS(=O)(=O)c3ccccc32)C1. The maximum absolute atomic E-state index is 13.2. The largest absolute Gasteiger partial charge is 0.495 e. The molecule has 29 heavy (non-hydrogen) atoms. The van der Waals surface area contributed by atoms with Gasteiger partial charge in [0.2, 0.25) is 5.91 Å². The Labute approximate surface area is 170 Å². The number of amides is 1. The van der Waals surface area contributed by atoms with Crippen molar-refractivity contribution in [2.24, 2.45) is 10.3 Å². The summed E-state index contributed by atoms with van der Waals surface area (Å²) in [4.78, 5) is 17.0. The Hall–Kier alpha value is -2.87. The molecule has 0 spiro atoms. The highest BCUT2D eigenvalue weighted by Crippen LogP contribution is 2.32. The second-order valence-corrected chi connectivity index (χ2v) is 8.81. The van der Waals surface area contributed by atoms with Crippen LogP contribution in [0.3, 0.4) is 0 Å². The Morgan fingerprint density at radius 3 is 2.69 bits per heavy atom. The number of piperidine rings is 1. The fraction of sp³-hybridized carbons (Fsp3) is 0.333. The van der Waals surface area contributed by atoms with Crippen molar-refractivity contribution in [3.63, 3.8) is 0 Å². The van der Waals surface area contributed by atoms with E-state index in [0.717, 1.165) is 12.8 Å². The van der Waals surface area contributed by atoms with Crippen molar-refractivity contribution in [3.8, 4) is 5.75 Å². The standard InChI is InChI=1S/C21H23N3O4S/c1-23(17-10-4-5-11-18(17)28-2)21(25)15-8-7-13-24(14-15)20-16-9-3-6-12-19(16)29(26,27)22-20/h3-6,9-12,15H,7-8,13-14H2,1-2H3. The van der Waals surface area contributed by atoms with Gasteiger partial charge in [0.15, 0.2) is 5.84 Å². The number of nitrogens with zero attached hydrogens (tertiary/aromatic N) is 3. The van der Waals surface area contributed by atoms with Crippen molar-refractivity contribution in [3.05, 3.63) is 54.1 Å². The van der Waals surface area contributed by atoms with Crippen molar-refractivity contribution in [1.82, 2.24) is 4.90 Å². The van der Waals surface area contributed by atoms with Crippen LogP contribution >= 0.6 is 0 Å². The minimum atomic E-state index is -3.68. The molecule has 2 aromatic rings. The lowest BCUT2D eigenvalue weighted by molar-refractivity contribution is -0.123. The van der Waals surface area contributed by atoms with E-state index in [9.17, 15) is 13.2 Å². The summed E-state index contributed by atoms with van der Waals surface area (Å²) in [5.74, 6) is 0.806. The summed E-state index contributed by atoms with van der Waals surface area (Å²) in [5.41, 5.74) is 1.32. The minimum absolute atomic E-state index is 0.0195. The van der Waals surface area contributed by atoms with E-state index in [-0.39, 0.29) is 16.7 Å². The van der Waals surface area contributed by atoms with Crippen molar-refractivity contribution in [2.75, 3.05) is 32.1 Å². The molecule has 8 heteroatoms. The number of hydrogen-bond donors (Lipinski definition) is 0. The number of amidine groups is 1. The van der Waals surface area contributed by atoms with Crippen LogP contribution in [0, 0.1) is 5.92 Å². The summed E-state index contributed by atoms with van der Waals surface area (Å²) in [7, 11) is -0.355. The predicted molar refractivity (Wildman–Crippen MR) is 111 cm³/mol. The molecular formula is C21H23N3O4S. The Bertz CT molecular complexity index is 1080. The smallest absolute Gasteiger partial charge is 0.285 e. The Kier molecular flexibility index (Phi) is 5.04. The zero-order valence-electron chi connectivity index (χ0n) is 16.4. The van der Waals surface area contributed by atoms with Crippen LogP contribution in [-0.2, 0) is 14.8 Å². The van der Waals surface area contributed by atoms with E-state index < -0.39 is 10.0 Å². The van der Waals surface area contributed by atoms with Gasteiger partial charge < -0.3 is 14.5 Å². The van der Waals surface area contributed by atoms with Gasteiger partial charge in [-0.2, -0.15) is 8.42 Å². The molecule has 1 atom stereocenters. The third-order valence-corrected chi connectivity index (χ3v) is 6.78. The number of carbonyl (C=O) groups excluding carboxylic acids is 1. The fourth-order valence-electron chi connectivity index (χ4n) is 3.99. The van der Waals surface area contributed by atoms with Crippen LogP contribution in [0.15, 0.2) is 57.8 Å². The van der Waals surface area contributed by atoms with Gasteiger partial charge in [-0.1, -0.05) is 24.3 Å². The summed E-state index contributed by atoms with van der Waals surface area (Å²) < 4.78 is 34.1. The second kappa shape index (κ2) is 7.51. The highest BCUT2D eigenvalue weighted by atomic mass is 32.2. The minimum Gasteiger partial charge on any atom is -0.495 e. The summed E-state index contributed by atoms with van der Waals surface area (Å²) in [6, 6.07) is 14.2. The zero-order chi connectivity index (χ0) is 20.6. The van der Waals surface area contributed by atoms with Gasteiger partial charge in [0, 0.05) is 25.7 Å². The number of benzene rings is 2. The van der Waals surface area contributed by atoms with Crippen LogP contribution < -0.4 is 9.64 Å². The predicted octanol–water partition coefficient (Wildman–Crippen LogP) is 2.52. The molecule has 1 unspecified atom stereocenters. The first-order valence-electron chi connectivity index (χ1n) is 9.52.